The summed E-state index contributed by atoms with van der Waals surface area (Å²) in [7, 11) is 1.46. The van der Waals surface area contributed by atoms with E-state index in [0.29, 0.717) is 27.1 Å². The number of carbonyl (C=O) groups excluding carboxylic acids is 1. The number of halogens is 2. The third kappa shape index (κ3) is 5.89. The van der Waals surface area contributed by atoms with Crippen molar-refractivity contribution in [3.05, 3.63) is 103 Å². The Morgan fingerprint density at radius 1 is 1.12 bits per heavy atom. The lowest BCUT2D eigenvalue weighted by atomic mass is 10.0. The lowest BCUT2D eigenvalue weighted by Crippen LogP contribution is -2.03. The standard InChI is InChI=1S/C24H16Cl2N2O5/c1-32-23-10-15(5-8-22(23)33-14-17-6-7-19(25)12-21(17)26)9-18(13-27)24(29)16-3-2-4-20(11-16)28(30)31/h2-12H,14H2,1H3/b18-9+. The molecule has 0 heterocycles. The van der Waals surface area contributed by atoms with E-state index in [0.717, 1.165) is 11.6 Å². The molecule has 0 saturated carbocycles. The molecule has 0 fully saturated rings. The van der Waals surface area contributed by atoms with E-state index < -0.39 is 10.7 Å². The first kappa shape index (κ1) is 23.8. The number of rotatable bonds is 8. The quantitative estimate of drug-likeness (QED) is 0.123. The van der Waals surface area contributed by atoms with Gasteiger partial charge < -0.3 is 9.47 Å². The first-order chi connectivity index (χ1) is 15.8. The Morgan fingerprint density at radius 3 is 2.58 bits per heavy atom. The molecule has 0 unspecified atom stereocenters. The van der Waals surface area contributed by atoms with Crippen molar-refractivity contribution >= 4 is 40.7 Å². The molecule has 0 saturated heterocycles. The molecule has 0 aliphatic rings. The SMILES string of the molecule is COc1cc(/C=C(\C#N)C(=O)c2cccc([N+](=O)[O-])c2)ccc1OCc1ccc(Cl)cc1Cl. The molecule has 3 aromatic carbocycles. The highest BCUT2D eigenvalue weighted by Gasteiger charge is 2.16. The number of nitro groups is 1. The second kappa shape index (κ2) is 10.6. The van der Waals surface area contributed by atoms with Crippen LogP contribution in [-0.4, -0.2) is 17.8 Å². The van der Waals surface area contributed by atoms with Crippen molar-refractivity contribution in [2.45, 2.75) is 6.61 Å². The number of ether oxygens (including phenoxy) is 2. The zero-order chi connectivity index (χ0) is 24.0. The summed E-state index contributed by atoms with van der Waals surface area (Å²) in [6.07, 6.45) is 1.38. The van der Waals surface area contributed by atoms with Crippen molar-refractivity contribution in [3.63, 3.8) is 0 Å². The number of non-ortho nitro benzene ring substituents is 1. The van der Waals surface area contributed by atoms with Gasteiger partial charge >= 0.3 is 0 Å². The summed E-state index contributed by atoms with van der Waals surface area (Å²) < 4.78 is 11.2. The minimum Gasteiger partial charge on any atom is -0.493 e. The number of ketones is 1. The first-order valence-electron chi connectivity index (χ1n) is 9.48. The van der Waals surface area contributed by atoms with Gasteiger partial charge in [-0.2, -0.15) is 5.26 Å². The highest BCUT2D eigenvalue weighted by Crippen LogP contribution is 2.31. The highest BCUT2D eigenvalue weighted by molar-refractivity contribution is 6.35. The maximum Gasteiger partial charge on any atom is 0.270 e. The van der Waals surface area contributed by atoms with Gasteiger partial charge in [-0.3, -0.25) is 14.9 Å². The van der Waals surface area contributed by atoms with Crippen LogP contribution >= 0.6 is 23.2 Å². The molecule has 0 aliphatic heterocycles. The fraction of sp³-hybridized carbons (Fsp3) is 0.0833. The number of nitrogens with zero attached hydrogens (tertiary/aromatic N) is 2. The Kier molecular flexibility index (Phi) is 7.67. The molecular weight excluding hydrogens is 467 g/mol. The summed E-state index contributed by atoms with van der Waals surface area (Å²) in [6.45, 7) is 0.177. The van der Waals surface area contributed by atoms with Crippen LogP contribution in [0.3, 0.4) is 0 Å². The minimum absolute atomic E-state index is 0.0451. The van der Waals surface area contributed by atoms with Gasteiger partial charge in [0.25, 0.3) is 5.69 Å². The van der Waals surface area contributed by atoms with Gasteiger partial charge in [-0.05, 0) is 35.9 Å². The van der Waals surface area contributed by atoms with Crippen molar-refractivity contribution in [1.82, 2.24) is 0 Å². The summed E-state index contributed by atoms with van der Waals surface area (Å²) in [5.74, 6) is 0.191. The maximum absolute atomic E-state index is 12.7. The zero-order valence-electron chi connectivity index (χ0n) is 17.2. The van der Waals surface area contributed by atoms with Crippen LogP contribution in [0.5, 0.6) is 11.5 Å². The van der Waals surface area contributed by atoms with E-state index in [4.69, 9.17) is 32.7 Å². The van der Waals surface area contributed by atoms with Gasteiger partial charge in [0.1, 0.15) is 18.2 Å². The van der Waals surface area contributed by atoms with E-state index in [-0.39, 0.29) is 23.4 Å². The third-order valence-electron chi connectivity index (χ3n) is 4.58. The van der Waals surface area contributed by atoms with Crippen LogP contribution in [0.15, 0.2) is 66.2 Å². The molecular formula is C24H16Cl2N2O5. The fourth-order valence-corrected chi connectivity index (χ4v) is 3.38. The van der Waals surface area contributed by atoms with Gasteiger partial charge in [-0.15, -0.1) is 0 Å². The first-order valence-corrected chi connectivity index (χ1v) is 10.2. The number of nitriles is 1. The normalized spacial score (nSPS) is 10.9. The summed E-state index contributed by atoms with van der Waals surface area (Å²) in [5.41, 5.74) is 0.880. The van der Waals surface area contributed by atoms with Crippen molar-refractivity contribution in [3.8, 4) is 17.6 Å². The molecule has 0 aromatic heterocycles. The van der Waals surface area contributed by atoms with E-state index in [1.165, 1.54) is 31.4 Å². The molecule has 3 rings (SSSR count). The van der Waals surface area contributed by atoms with Crippen LogP contribution in [0.1, 0.15) is 21.5 Å². The average Bonchev–Trinajstić information content (AvgIpc) is 2.82. The molecule has 7 nitrogen and oxygen atoms in total. The average molecular weight is 483 g/mol. The number of hydrogen-bond donors (Lipinski definition) is 0. The Morgan fingerprint density at radius 2 is 1.91 bits per heavy atom. The fourth-order valence-electron chi connectivity index (χ4n) is 2.92. The van der Waals surface area contributed by atoms with Gasteiger partial charge in [0.05, 0.1) is 12.0 Å². The predicted octanol–water partition coefficient (Wildman–Crippen LogP) is 6.28. The predicted molar refractivity (Wildman–Crippen MR) is 125 cm³/mol. The lowest BCUT2D eigenvalue weighted by Gasteiger charge is -2.12. The van der Waals surface area contributed by atoms with Crippen molar-refractivity contribution in [2.24, 2.45) is 0 Å². The van der Waals surface area contributed by atoms with E-state index in [9.17, 15) is 20.2 Å². The van der Waals surface area contributed by atoms with Crippen molar-refractivity contribution in [2.75, 3.05) is 7.11 Å². The highest BCUT2D eigenvalue weighted by atomic mass is 35.5. The summed E-state index contributed by atoms with van der Waals surface area (Å²) in [6, 6.07) is 17.0. The summed E-state index contributed by atoms with van der Waals surface area (Å²) in [5, 5.41) is 21.4. The molecule has 166 valence electrons. The van der Waals surface area contributed by atoms with Crippen LogP contribution in [0.4, 0.5) is 5.69 Å². The van der Waals surface area contributed by atoms with Crippen LogP contribution in [-0.2, 0) is 6.61 Å². The van der Waals surface area contributed by atoms with Crippen LogP contribution in [0.2, 0.25) is 10.0 Å². The topological polar surface area (TPSA) is 102 Å². The molecule has 0 radical (unpaired) electrons. The van der Waals surface area contributed by atoms with Gasteiger partial charge in [-0.25, -0.2) is 0 Å². The number of hydrogen-bond acceptors (Lipinski definition) is 6. The number of methoxy groups -OCH3 is 1. The third-order valence-corrected chi connectivity index (χ3v) is 5.17. The molecule has 3 aromatic rings. The largest absolute Gasteiger partial charge is 0.493 e. The molecule has 0 atom stereocenters. The van der Waals surface area contributed by atoms with Gasteiger partial charge in [0.2, 0.25) is 5.78 Å². The Bertz CT molecular complexity index is 1300. The summed E-state index contributed by atoms with van der Waals surface area (Å²) >= 11 is 12.1. The Hall–Kier alpha value is -3.86. The molecule has 0 aliphatic carbocycles. The minimum atomic E-state index is -0.627. The van der Waals surface area contributed by atoms with E-state index in [1.807, 2.05) is 6.07 Å². The smallest absolute Gasteiger partial charge is 0.270 e. The second-order valence-electron chi connectivity index (χ2n) is 6.74. The lowest BCUT2D eigenvalue weighted by molar-refractivity contribution is -0.384. The summed E-state index contributed by atoms with van der Waals surface area (Å²) in [4.78, 5) is 23.1. The molecule has 0 N–H and O–H groups in total. The number of allylic oxidation sites excluding steroid dienone is 1. The number of carbonyl (C=O) groups is 1. The second-order valence-corrected chi connectivity index (χ2v) is 7.58. The van der Waals surface area contributed by atoms with Crippen LogP contribution < -0.4 is 9.47 Å². The monoisotopic (exact) mass is 482 g/mol. The maximum atomic E-state index is 12.7. The number of benzene rings is 3. The van der Waals surface area contributed by atoms with Gasteiger partial charge in [0.15, 0.2) is 11.5 Å². The molecule has 9 heteroatoms. The zero-order valence-corrected chi connectivity index (χ0v) is 18.8. The van der Waals surface area contributed by atoms with E-state index >= 15 is 0 Å². The molecule has 0 bridgehead atoms. The molecule has 0 amide bonds. The van der Waals surface area contributed by atoms with Crippen molar-refractivity contribution in [1.29, 1.82) is 5.26 Å². The van der Waals surface area contributed by atoms with Crippen LogP contribution in [0.25, 0.3) is 6.08 Å². The van der Waals surface area contributed by atoms with Crippen LogP contribution in [0, 0.1) is 21.4 Å². The van der Waals surface area contributed by atoms with Crippen molar-refractivity contribution < 1.29 is 19.2 Å². The van der Waals surface area contributed by atoms with E-state index in [2.05, 4.69) is 0 Å². The van der Waals surface area contributed by atoms with E-state index in [1.54, 1.807) is 36.4 Å². The Balaban J connectivity index is 1.83. The molecule has 33 heavy (non-hydrogen) atoms. The van der Waals surface area contributed by atoms with Gasteiger partial charge in [0, 0.05) is 33.3 Å². The number of nitro benzene ring substituents is 1. The molecule has 0 spiro atoms. The number of Topliss-reactive ketones (excluding diaryl/α,β-unsaturated/α-hetero) is 1. The Labute approximate surface area is 199 Å². The van der Waals surface area contributed by atoms with Gasteiger partial charge in [-0.1, -0.05) is 47.5 Å².